The predicted molar refractivity (Wildman–Crippen MR) is 82.2 cm³/mol. The first-order valence-electron chi connectivity index (χ1n) is 7.16. The second kappa shape index (κ2) is 6.58. The van der Waals surface area contributed by atoms with E-state index >= 15 is 0 Å². The largest absolute Gasteiger partial charge is 0.288 e. The van der Waals surface area contributed by atoms with Crippen LogP contribution < -0.4 is 4.72 Å². The number of amides is 1. The second-order valence-electron chi connectivity index (χ2n) is 5.71. The third-order valence-corrected chi connectivity index (χ3v) is 4.24. The Labute approximate surface area is 126 Å². The molecule has 0 spiro atoms. The van der Waals surface area contributed by atoms with Crippen molar-refractivity contribution in [3.05, 3.63) is 35.4 Å². The molecule has 0 bridgehead atoms. The van der Waals surface area contributed by atoms with Crippen LogP contribution in [0.3, 0.4) is 0 Å². The van der Waals surface area contributed by atoms with Crippen LogP contribution in [0.5, 0.6) is 0 Å². The van der Waals surface area contributed by atoms with E-state index in [1.165, 1.54) is 5.56 Å². The maximum Gasteiger partial charge on any atom is 0.250 e. The third-order valence-electron chi connectivity index (χ3n) is 3.67. The average molecular weight is 310 g/mol. The fourth-order valence-corrected chi connectivity index (χ4v) is 3.27. The fourth-order valence-electron chi connectivity index (χ4n) is 2.77. The van der Waals surface area contributed by atoms with Crippen molar-refractivity contribution in [1.82, 2.24) is 9.62 Å². The Morgan fingerprint density at radius 1 is 1.38 bits per heavy atom. The topological polar surface area (TPSA) is 66.5 Å². The van der Waals surface area contributed by atoms with Gasteiger partial charge in [0.05, 0.1) is 12.3 Å². The van der Waals surface area contributed by atoms with E-state index in [9.17, 15) is 13.2 Å². The van der Waals surface area contributed by atoms with Crippen molar-refractivity contribution in [2.75, 3.05) is 12.8 Å². The molecule has 6 heteroatoms. The lowest BCUT2D eigenvalue weighted by molar-refractivity contribution is -0.126. The van der Waals surface area contributed by atoms with Gasteiger partial charge in [-0.05, 0) is 31.9 Å². The Morgan fingerprint density at radius 3 is 2.81 bits per heavy atom. The molecule has 1 aliphatic rings. The van der Waals surface area contributed by atoms with Gasteiger partial charge in [0, 0.05) is 6.54 Å². The summed E-state index contributed by atoms with van der Waals surface area (Å²) in [6.45, 7) is 3.52. The quantitative estimate of drug-likeness (QED) is 0.913. The van der Waals surface area contributed by atoms with Gasteiger partial charge in [-0.15, -0.1) is 0 Å². The van der Waals surface area contributed by atoms with Gasteiger partial charge in [0.1, 0.15) is 0 Å². The van der Waals surface area contributed by atoms with Crippen molar-refractivity contribution in [2.45, 2.75) is 38.8 Å². The van der Waals surface area contributed by atoms with Crippen molar-refractivity contribution in [1.29, 1.82) is 0 Å². The molecule has 1 N–H and O–H groups in total. The normalized spacial score (nSPS) is 20.2. The molecule has 1 atom stereocenters. The number of aryl methyl sites for hydroxylation is 1. The lowest BCUT2D eigenvalue weighted by Gasteiger charge is -2.34. The SMILES string of the molecule is Cc1cccc(CN2CCCCC2C(=O)NS(C)(=O)=O)c1. The summed E-state index contributed by atoms with van der Waals surface area (Å²) in [7, 11) is -3.50. The Morgan fingerprint density at radius 2 is 2.14 bits per heavy atom. The molecule has 2 rings (SSSR count). The van der Waals surface area contributed by atoms with Crippen LogP contribution in [0, 0.1) is 6.92 Å². The second-order valence-corrected chi connectivity index (χ2v) is 7.46. The molecule has 1 unspecified atom stereocenters. The highest BCUT2D eigenvalue weighted by Gasteiger charge is 2.30. The average Bonchev–Trinajstić information content (AvgIpc) is 2.37. The number of nitrogens with zero attached hydrogens (tertiary/aromatic N) is 1. The number of hydrogen-bond donors (Lipinski definition) is 1. The van der Waals surface area contributed by atoms with Crippen LogP contribution >= 0.6 is 0 Å². The Balaban J connectivity index is 2.10. The molecule has 0 aliphatic carbocycles. The Kier molecular flexibility index (Phi) is 5.00. The van der Waals surface area contributed by atoms with Crippen molar-refractivity contribution in [2.24, 2.45) is 0 Å². The molecule has 0 radical (unpaired) electrons. The van der Waals surface area contributed by atoms with Gasteiger partial charge in [-0.3, -0.25) is 14.4 Å². The number of sulfonamides is 1. The van der Waals surface area contributed by atoms with Crippen LogP contribution in [0.2, 0.25) is 0 Å². The van der Waals surface area contributed by atoms with E-state index in [0.29, 0.717) is 13.0 Å². The van der Waals surface area contributed by atoms with E-state index in [0.717, 1.165) is 31.2 Å². The zero-order valence-corrected chi connectivity index (χ0v) is 13.3. The van der Waals surface area contributed by atoms with Crippen molar-refractivity contribution in [3.63, 3.8) is 0 Å². The zero-order valence-electron chi connectivity index (χ0n) is 12.5. The summed E-state index contributed by atoms with van der Waals surface area (Å²) in [4.78, 5) is 14.2. The van der Waals surface area contributed by atoms with E-state index in [2.05, 4.69) is 15.7 Å². The summed E-state index contributed by atoms with van der Waals surface area (Å²) in [6, 6.07) is 7.80. The molecule has 5 nitrogen and oxygen atoms in total. The van der Waals surface area contributed by atoms with Crippen LogP contribution in [0.15, 0.2) is 24.3 Å². The predicted octanol–water partition coefficient (Wildman–Crippen LogP) is 1.43. The summed E-state index contributed by atoms with van der Waals surface area (Å²) < 4.78 is 24.6. The molecule has 1 heterocycles. The first-order chi connectivity index (χ1) is 9.85. The van der Waals surface area contributed by atoms with Gasteiger partial charge in [0.2, 0.25) is 10.0 Å². The van der Waals surface area contributed by atoms with Crippen LogP contribution in [-0.2, 0) is 21.4 Å². The lowest BCUT2D eigenvalue weighted by atomic mass is 10.0. The van der Waals surface area contributed by atoms with Gasteiger partial charge >= 0.3 is 0 Å². The summed E-state index contributed by atoms with van der Waals surface area (Å²) >= 11 is 0. The van der Waals surface area contributed by atoms with E-state index in [-0.39, 0.29) is 6.04 Å². The Bertz CT molecular complexity index is 613. The highest BCUT2D eigenvalue weighted by molar-refractivity contribution is 7.89. The smallest absolute Gasteiger partial charge is 0.250 e. The van der Waals surface area contributed by atoms with Gasteiger partial charge in [0.15, 0.2) is 0 Å². The number of benzene rings is 1. The molecule has 116 valence electrons. The van der Waals surface area contributed by atoms with Crippen molar-refractivity contribution >= 4 is 15.9 Å². The van der Waals surface area contributed by atoms with E-state index < -0.39 is 15.9 Å². The first kappa shape index (κ1) is 16.0. The number of carbonyl (C=O) groups is 1. The molecule has 1 fully saturated rings. The van der Waals surface area contributed by atoms with Crippen LogP contribution in [0.25, 0.3) is 0 Å². The van der Waals surface area contributed by atoms with E-state index in [4.69, 9.17) is 0 Å². The number of carbonyl (C=O) groups excluding carboxylic acids is 1. The minimum atomic E-state index is -3.50. The van der Waals surface area contributed by atoms with Gasteiger partial charge in [0.25, 0.3) is 5.91 Å². The van der Waals surface area contributed by atoms with Gasteiger partial charge in [-0.2, -0.15) is 0 Å². The van der Waals surface area contributed by atoms with Crippen molar-refractivity contribution < 1.29 is 13.2 Å². The zero-order chi connectivity index (χ0) is 15.5. The highest BCUT2D eigenvalue weighted by atomic mass is 32.2. The summed E-state index contributed by atoms with van der Waals surface area (Å²) in [5, 5.41) is 0. The summed E-state index contributed by atoms with van der Waals surface area (Å²) in [5.74, 6) is -0.412. The highest BCUT2D eigenvalue weighted by Crippen LogP contribution is 2.20. The molecular weight excluding hydrogens is 288 g/mol. The number of rotatable bonds is 4. The molecule has 0 aromatic heterocycles. The number of likely N-dealkylation sites (tertiary alicyclic amines) is 1. The molecule has 21 heavy (non-hydrogen) atoms. The molecule has 1 saturated heterocycles. The molecule has 1 aromatic carbocycles. The molecule has 0 saturated carbocycles. The molecule has 1 aliphatic heterocycles. The van der Waals surface area contributed by atoms with Crippen LogP contribution in [0.1, 0.15) is 30.4 Å². The number of piperidine rings is 1. The molecular formula is C15H22N2O3S. The Hall–Kier alpha value is -1.40. The minimum Gasteiger partial charge on any atom is -0.288 e. The first-order valence-corrected chi connectivity index (χ1v) is 9.05. The lowest BCUT2D eigenvalue weighted by Crippen LogP contribution is -2.50. The summed E-state index contributed by atoms with van der Waals surface area (Å²) in [6.07, 6.45) is 3.70. The van der Waals surface area contributed by atoms with Gasteiger partial charge in [-0.25, -0.2) is 8.42 Å². The maximum absolute atomic E-state index is 12.1. The standard InChI is InChI=1S/C15H22N2O3S/c1-12-6-5-7-13(10-12)11-17-9-4-3-8-14(17)15(18)16-21(2,19)20/h5-7,10,14H,3-4,8-9,11H2,1-2H3,(H,16,18). The number of nitrogens with one attached hydrogen (secondary N) is 1. The van der Waals surface area contributed by atoms with E-state index in [1.54, 1.807) is 0 Å². The van der Waals surface area contributed by atoms with E-state index in [1.807, 2.05) is 25.1 Å². The van der Waals surface area contributed by atoms with Gasteiger partial charge in [-0.1, -0.05) is 36.2 Å². The van der Waals surface area contributed by atoms with Crippen LogP contribution in [-0.4, -0.2) is 38.1 Å². The fraction of sp³-hybridized carbons (Fsp3) is 0.533. The summed E-state index contributed by atoms with van der Waals surface area (Å²) in [5.41, 5.74) is 2.33. The monoisotopic (exact) mass is 310 g/mol. The third kappa shape index (κ3) is 4.82. The van der Waals surface area contributed by atoms with Crippen LogP contribution in [0.4, 0.5) is 0 Å². The van der Waals surface area contributed by atoms with Crippen molar-refractivity contribution in [3.8, 4) is 0 Å². The number of hydrogen-bond acceptors (Lipinski definition) is 4. The molecule has 1 aromatic rings. The maximum atomic E-state index is 12.1. The van der Waals surface area contributed by atoms with Gasteiger partial charge < -0.3 is 0 Å². The minimum absolute atomic E-state index is 0.367. The molecule has 1 amide bonds.